The van der Waals surface area contributed by atoms with Crippen molar-refractivity contribution in [3.05, 3.63) is 30.3 Å². The average Bonchev–Trinajstić information content (AvgIpc) is 2.27. The summed E-state index contributed by atoms with van der Waals surface area (Å²) in [4.78, 5) is 20.8. The summed E-state index contributed by atoms with van der Waals surface area (Å²) >= 11 is 0. The van der Waals surface area contributed by atoms with Crippen molar-refractivity contribution in [2.24, 2.45) is 0 Å². The van der Waals surface area contributed by atoms with Crippen molar-refractivity contribution in [1.29, 1.82) is 0 Å². The van der Waals surface area contributed by atoms with Gasteiger partial charge in [0.2, 0.25) is 0 Å². The van der Waals surface area contributed by atoms with Crippen molar-refractivity contribution in [2.45, 2.75) is 26.2 Å². The molecule has 0 bridgehead atoms. The van der Waals surface area contributed by atoms with Crippen LogP contribution in [0.4, 0.5) is 0 Å². The number of hydrogen-bond acceptors (Lipinski definition) is 3. The van der Waals surface area contributed by atoms with E-state index in [1.54, 1.807) is 18.2 Å². The quantitative estimate of drug-likeness (QED) is 0.804. The third-order valence-corrected chi connectivity index (χ3v) is 3.44. The van der Waals surface area contributed by atoms with E-state index < -0.39 is 13.6 Å². The van der Waals surface area contributed by atoms with Crippen LogP contribution in [0.5, 0.6) is 0 Å². The fraction of sp³-hybridized carbons (Fsp3) is 0.364. The summed E-state index contributed by atoms with van der Waals surface area (Å²) in [5.41, 5.74) is 0. The molecule has 0 aliphatic rings. The zero-order valence-corrected chi connectivity index (χ0v) is 10.0. The number of benzene rings is 1. The number of hydrogen-bond donors (Lipinski definition) is 1. The van der Waals surface area contributed by atoms with Gasteiger partial charge in [0.05, 0.1) is 5.30 Å². The van der Waals surface area contributed by atoms with Crippen molar-refractivity contribution >= 4 is 18.9 Å². The molecule has 16 heavy (non-hydrogen) atoms. The molecular formula is C11H15O4P. The van der Waals surface area contributed by atoms with Crippen LogP contribution in [0.1, 0.15) is 26.2 Å². The Kier molecular flexibility index (Phi) is 4.71. The molecule has 1 aromatic rings. The summed E-state index contributed by atoms with van der Waals surface area (Å²) in [5.74, 6) is -0.628. The van der Waals surface area contributed by atoms with Crippen LogP contribution in [-0.4, -0.2) is 10.9 Å². The lowest BCUT2D eigenvalue weighted by atomic mass is 10.3. The third kappa shape index (κ3) is 3.80. The van der Waals surface area contributed by atoms with Crippen LogP contribution in [0, 0.1) is 0 Å². The molecule has 0 aliphatic heterocycles. The maximum atomic E-state index is 11.7. The maximum Gasteiger partial charge on any atom is 0.410 e. The fourth-order valence-electron chi connectivity index (χ4n) is 1.17. The highest BCUT2D eigenvalue weighted by molar-refractivity contribution is 7.61. The molecule has 5 heteroatoms. The number of carbonyl (C=O) groups excluding carboxylic acids is 1. The predicted octanol–water partition coefficient (Wildman–Crippen LogP) is 2.23. The van der Waals surface area contributed by atoms with Gasteiger partial charge in [-0.25, -0.2) is 4.57 Å². The summed E-state index contributed by atoms with van der Waals surface area (Å²) in [6.45, 7) is 1.93. The van der Waals surface area contributed by atoms with Crippen LogP contribution in [0.2, 0.25) is 0 Å². The molecule has 1 rings (SSSR count). The summed E-state index contributed by atoms with van der Waals surface area (Å²) in [7, 11) is -3.99. The molecule has 1 aromatic carbocycles. The first-order chi connectivity index (χ1) is 7.56. The van der Waals surface area contributed by atoms with Crippen LogP contribution in [0.15, 0.2) is 30.3 Å². The average molecular weight is 242 g/mol. The molecule has 0 radical (unpaired) electrons. The van der Waals surface area contributed by atoms with Gasteiger partial charge >= 0.3 is 13.6 Å². The summed E-state index contributed by atoms with van der Waals surface area (Å²) < 4.78 is 16.3. The standard InChI is InChI=1S/C11H15O4P/c1-2-3-9-11(12)15-16(13,14)10-7-5-4-6-8-10/h4-8H,2-3,9H2,1H3,(H,13,14). The van der Waals surface area contributed by atoms with Crippen molar-refractivity contribution < 1.29 is 18.8 Å². The lowest BCUT2D eigenvalue weighted by Gasteiger charge is -2.11. The highest BCUT2D eigenvalue weighted by Gasteiger charge is 2.26. The van der Waals surface area contributed by atoms with Gasteiger partial charge in [-0.1, -0.05) is 31.5 Å². The molecular weight excluding hydrogens is 227 g/mol. The second-order valence-corrected chi connectivity index (χ2v) is 5.16. The Balaban J connectivity index is 2.66. The second kappa shape index (κ2) is 5.83. The Bertz CT molecular complexity index is 388. The maximum absolute atomic E-state index is 11.7. The van der Waals surface area contributed by atoms with Crippen molar-refractivity contribution in [3.8, 4) is 0 Å². The Morgan fingerprint density at radius 1 is 1.38 bits per heavy atom. The highest BCUT2D eigenvalue weighted by atomic mass is 31.2. The molecule has 0 heterocycles. The van der Waals surface area contributed by atoms with E-state index in [4.69, 9.17) is 0 Å². The second-order valence-electron chi connectivity index (χ2n) is 3.42. The predicted molar refractivity (Wildman–Crippen MR) is 61.5 cm³/mol. The van der Waals surface area contributed by atoms with Gasteiger partial charge in [-0.15, -0.1) is 0 Å². The number of carbonyl (C=O) groups is 1. The van der Waals surface area contributed by atoms with Crippen LogP contribution in [0.25, 0.3) is 0 Å². The lowest BCUT2D eigenvalue weighted by Crippen LogP contribution is -2.11. The normalized spacial score (nSPS) is 14.1. The topological polar surface area (TPSA) is 63.6 Å². The summed E-state index contributed by atoms with van der Waals surface area (Å²) in [6.07, 6.45) is 1.68. The first-order valence-electron chi connectivity index (χ1n) is 5.17. The highest BCUT2D eigenvalue weighted by Crippen LogP contribution is 2.40. The Labute approximate surface area is 94.8 Å². The van der Waals surface area contributed by atoms with Crippen LogP contribution < -0.4 is 5.30 Å². The van der Waals surface area contributed by atoms with E-state index >= 15 is 0 Å². The van der Waals surface area contributed by atoms with Crippen molar-refractivity contribution in [3.63, 3.8) is 0 Å². The molecule has 0 spiro atoms. The molecule has 1 N–H and O–H groups in total. The molecule has 1 atom stereocenters. The molecule has 88 valence electrons. The fourth-order valence-corrected chi connectivity index (χ4v) is 2.20. The van der Waals surface area contributed by atoms with Gasteiger partial charge < -0.3 is 9.42 Å². The molecule has 4 nitrogen and oxygen atoms in total. The van der Waals surface area contributed by atoms with E-state index in [0.717, 1.165) is 6.42 Å². The molecule has 0 amide bonds. The van der Waals surface area contributed by atoms with Gasteiger partial charge in [-0.05, 0) is 18.6 Å². The minimum Gasteiger partial charge on any atom is -0.388 e. The Morgan fingerprint density at radius 3 is 2.56 bits per heavy atom. The Hall–Kier alpha value is -1.12. The monoisotopic (exact) mass is 242 g/mol. The minimum absolute atomic E-state index is 0.139. The smallest absolute Gasteiger partial charge is 0.388 e. The molecule has 0 saturated heterocycles. The SMILES string of the molecule is CCCCC(=O)OP(=O)(O)c1ccccc1. The van der Waals surface area contributed by atoms with Crippen molar-refractivity contribution in [1.82, 2.24) is 0 Å². The Morgan fingerprint density at radius 2 is 2.00 bits per heavy atom. The molecule has 0 fully saturated rings. The number of unbranched alkanes of at least 4 members (excludes halogenated alkanes) is 1. The van der Waals surface area contributed by atoms with Crippen LogP contribution in [-0.2, 0) is 13.9 Å². The van der Waals surface area contributed by atoms with E-state index in [1.165, 1.54) is 12.1 Å². The van der Waals surface area contributed by atoms with Gasteiger partial charge in [0.25, 0.3) is 0 Å². The lowest BCUT2D eigenvalue weighted by molar-refractivity contribution is -0.134. The van der Waals surface area contributed by atoms with E-state index in [2.05, 4.69) is 4.52 Å². The van der Waals surface area contributed by atoms with Crippen LogP contribution >= 0.6 is 7.60 Å². The zero-order chi connectivity index (χ0) is 12.0. The van der Waals surface area contributed by atoms with Crippen LogP contribution in [0.3, 0.4) is 0 Å². The molecule has 0 aromatic heterocycles. The van der Waals surface area contributed by atoms with Crippen molar-refractivity contribution in [2.75, 3.05) is 0 Å². The molecule has 0 saturated carbocycles. The van der Waals surface area contributed by atoms with E-state index in [-0.39, 0.29) is 11.7 Å². The van der Waals surface area contributed by atoms with Gasteiger partial charge in [0.15, 0.2) is 0 Å². The third-order valence-electron chi connectivity index (χ3n) is 2.04. The van der Waals surface area contributed by atoms with E-state index in [1.807, 2.05) is 6.92 Å². The van der Waals surface area contributed by atoms with E-state index in [0.29, 0.717) is 6.42 Å². The first-order valence-corrected chi connectivity index (χ1v) is 6.75. The molecule has 0 aliphatic carbocycles. The first kappa shape index (κ1) is 12.9. The zero-order valence-electron chi connectivity index (χ0n) is 9.13. The molecule has 1 unspecified atom stereocenters. The summed E-state index contributed by atoms with van der Waals surface area (Å²) in [5, 5.41) is 0.139. The van der Waals surface area contributed by atoms with Gasteiger partial charge in [0.1, 0.15) is 0 Å². The van der Waals surface area contributed by atoms with Gasteiger partial charge in [0, 0.05) is 6.42 Å². The minimum atomic E-state index is -3.99. The van der Waals surface area contributed by atoms with Gasteiger partial charge in [-0.2, -0.15) is 0 Å². The van der Waals surface area contributed by atoms with Gasteiger partial charge in [-0.3, -0.25) is 4.79 Å². The number of rotatable bonds is 5. The van der Waals surface area contributed by atoms with E-state index in [9.17, 15) is 14.3 Å². The summed E-state index contributed by atoms with van der Waals surface area (Å²) in [6, 6.07) is 7.90. The largest absolute Gasteiger partial charge is 0.410 e.